The van der Waals surface area contributed by atoms with E-state index in [1.54, 1.807) is 12.1 Å². The van der Waals surface area contributed by atoms with Crippen molar-refractivity contribution in [3.63, 3.8) is 0 Å². The lowest BCUT2D eigenvalue weighted by Gasteiger charge is -2.24. The summed E-state index contributed by atoms with van der Waals surface area (Å²) in [6.07, 6.45) is -3.34. The average molecular weight is 485 g/mol. The first-order chi connectivity index (χ1) is 16.6. The van der Waals surface area contributed by atoms with Crippen LogP contribution >= 0.6 is 0 Å². The molecule has 0 saturated carbocycles. The van der Waals surface area contributed by atoms with Gasteiger partial charge >= 0.3 is 6.18 Å². The Morgan fingerprint density at radius 3 is 2.40 bits per heavy atom. The van der Waals surface area contributed by atoms with Crippen LogP contribution in [-0.4, -0.2) is 23.4 Å². The van der Waals surface area contributed by atoms with E-state index in [1.165, 1.54) is 36.6 Å². The van der Waals surface area contributed by atoms with Gasteiger partial charge in [0, 0.05) is 11.3 Å². The van der Waals surface area contributed by atoms with E-state index in [-0.39, 0.29) is 22.6 Å². The van der Waals surface area contributed by atoms with Gasteiger partial charge in [-0.15, -0.1) is 0 Å². The van der Waals surface area contributed by atoms with Crippen LogP contribution in [0.2, 0.25) is 0 Å². The Kier molecular flexibility index (Phi) is 6.43. The molecule has 0 bridgehead atoms. The van der Waals surface area contributed by atoms with Crippen LogP contribution in [0.5, 0.6) is 5.75 Å². The lowest BCUT2D eigenvalue weighted by molar-refractivity contribution is -0.137. The summed E-state index contributed by atoms with van der Waals surface area (Å²) >= 11 is 0. The number of aliphatic hydroxyl groups is 1. The van der Waals surface area contributed by atoms with Gasteiger partial charge in [-0.1, -0.05) is 19.9 Å². The van der Waals surface area contributed by atoms with Gasteiger partial charge in [-0.25, -0.2) is 0 Å². The predicted octanol–water partition coefficient (Wildman–Crippen LogP) is 5.96. The molecule has 35 heavy (non-hydrogen) atoms. The van der Waals surface area contributed by atoms with E-state index < -0.39 is 35.2 Å². The van der Waals surface area contributed by atoms with Crippen LogP contribution in [-0.2, 0) is 15.8 Å². The van der Waals surface area contributed by atoms with E-state index in [0.29, 0.717) is 18.3 Å². The first-order valence-electron chi connectivity index (χ1n) is 10.8. The third-order valence-corrected chi connectivity index (χ3v) is 5.42. The molecule has 1 fully saturated rings. The third-order valence-electron chi connectivity index (χ3n) is 5.42. The zero-order valence-electron chi connectivity index (χ0n) is 18.9. The molecular formula is C26H22F3NO5. The van der Waals surface area contributed by atoms with Crippen molar-refractivity contribution in [2.75, 3.05) is 11.5 Å². The minimum absolute atomic E-state index is 0.111. The number of aliphatic hydroxyl groups excluding tert-OH is 1. The van der Waals surface area contributed by atoms with Crippen molar-refractivity contribution >= 4 is 23.1 Å². The molecule has 1 aliphatic heterocycles. The molecule has 0 radical (unpaired) electrons. The van der Waals surface area contributed by atoms with Gasteiger partial charge in [-0.3, -0.25) is 14.5 Å². The molecule has 1 amide bonds. The highest BCUT2D eigenvalue weighted by Gasteiger charge is 2.48. The average Bonchev–Trinajstić information content (AvgIpc) is 3.44. The Labute approximate surface area is 199 Å². The second-order valence-corrected chi connectivity index (χ2v) is 8.46. The summed E-state index contributed by atoms with van der Waals surface area (Å²) in [5, 5.41) is 11.1. The third kappa shape index (κ3) is 4.80. The number of halogens is 3. The summed E-state index contributed by atoms with van der Waals surface area (Å²) < 4.78 is 51.0. The zero-order chi connectivity index (χ0) is 25.3. The minimum Gasteiger partial charge on any atom is -0.507 e. The van der Waals surface area contributed by atoms with Crippen molar-refractivity contribution < 1.29 is 37.0 Å². The van der Waals surface area contributed by atoms with Crippen LogP contribution in [0.25, 0.3) is 5.76 Å². The van der Waals surface area contributed by atoms with E-state index >= 15 is 0 Å². The predicted molar refractivity (Wildman–Crippen MR) is 122 cm³/mol. The molecule has 9 heteroatoms. The largest absolute Gasteiger partial charge is 0.507 e. The number of amides is 1. The fourth-order valence-corrected chi connectivity index (χ4v) is 3.77. The molecule has 0 spiro atoms. The normalized spacial score (nSPS) is 17.9. The quantitative estimate of drug-likeness (QED) is 0.265. The summed E-state index contributed by atoms with van der Waals surface area (Å²) in [7, 11) is 0. The monoisotopic (exact) mass is 485 g/mol. The van der Waals surface area contributed by atoms with Crippen molar-refractivity contribution in [2.24, 2.45) is 5.92 Å². The van der Waals surface area contributed by atoms with Crippen LogP contribution in [0, 0.1) is 5.92 Å². The van der Waals surface area contributed by atoms with Crippen LogP contribution < -0.4 is 9.64 Å². The number of anilines is 1. The SMILES string of the molecule is CC(C)COc1ccc(/C(O)=C2/C(=O)C(=O)N(c3cccc(C(F)(F)F)c3)C2c2ccco2)cc1. The summed E-state index contributed by atoms with van der Waals surface area (Å²) in [4.78, 5) is 27.0. The first kappa shape index (κ1) is 24.1. The van der Waals surface area contributed by atoms with E-state index in [0.717, 1.165) is 23.1 Å². The molecular weight excluding hydrogens is 463 g/mol. The lowest BCUT2D eigenvalue weighted by Crippen LogP contribution is -2.29. The molecule has 182 valence electrons. The number of ether oxygens (including phenoxy) is 1. The number of carbonyl (C=O) groups excluding carboxylic acids is 2. The van der Waals surface area contributed by atoms with Crippen molar-refractivity contribution in [3.8, 4) is 5.75 Å². The Morgan fingerprint density at radius 1 is 1.09 bits per heavy atom. The van der Waals surface area contributed by atoms with Gasteiger partial charge in [0.05, 0.1) is 24.0 Å². The number of alkyl halides is 3. The fraction of sp³-hybridized carbons (Fsp3) is 0.231. The van der Waals surface area contributed by atoms with Gasteiger partial charge in [0.25, 0.3) is 11.7 Å². The Morgan fingerprint density at radius 2 is 1.80 bits per heavy atom. The zero-order valence-corrected chi connectivity index (χ0v) is 18.9. The number of carbonyl (C=O) groups is 2. The summed E-state index contributed by atoms with van der Waals surface area (Å²) in [6, 6.07) is 12.1. The van der Waals surface area contributed by atoms with Crippen molar-refractivity contribution in [1.29, 1.82) is 0 Å². The van der Waals surface area contributed by atoms with Gasteiger partial charge in [-0.05, 0) is 60.5 Å². The van der Waals surface area contributed by atoms with Crippen LogP contribution in [0.3, 0.4) is 0 Å². The molecule has 0 aliphatic carbocycles. The Hall–Kier alpha value is -4.01. The van der Waals surface area contributed by atoms with E-state index in [9.17, 15) is 27.9 Å². The smallest absolute Gasteiger partial charge is 0.416 e. The number of hydrogen-bond donors (Lipinski definition) is 1. The highest BCUT2D eigenvalue weighted by Crippen LogP contribution is 2.43. The number of furan rings is 1. The standard InChI is InChI=1S/C26H22F3NO5/c1-15(2)14-35-19-10-8-16(9-11-19)23(31)21-22(20-7-4-12-34-20)30(25(33)24(21)32)18-6-3-5-17(13-18)26(27,28)29/h3-13,15,22,31H,14H2,1-2H3/b23-21-. The number of rotatable bonds is 6. The number of nitrogens with zero attached hydrogens (tertiary/aromatic N) is 1. The second kappa shape index (κ2) is 9.32. The van der Waals surface area contributed by atoms with Crippen LogP contribution in [0.4, 0.5) is 18.9 Å². The highest BCUT2D eigenvalue weighted by molar-refractivity contribution is 6.51. The molecule has 4 rings (SSSR count). The lowest BCUT2D eigenvalue weighted by atomic mass is 9.99. The second-order valence-electron chi connectivity index (χ2n) is 8.46. The van der Waals surface area contributed by atoms with Crippen molar-refractivity contribution in [2.45, 2.75) is 26.1 Å². The summed E-state index contributed by atoms with van der Waals surface area (Å²) in [6.45, 7) is 4.49. The van der Waals surface area contributed by atoms with E-state index in [1.807, 2.05) is 13.8 Å². The van der Waals surface area contributed by atoms with Gasteiger partial charge in [-0.2, -0.15) is 13.2 Å². The number of hydrogen-bond acceptors (Lipinski definition) is 5. The molecule has 1 unspecified atom stereocenters. The van der Waals surface area contributed by atoms with Crippen molar-refractivity contribution in [3.05, 3.63) is 89.4 Å². The molecule has 1 saturated heterocycles. The molecule has 1 N–H and O–H groups in total. The van der Waals surface area contributed by atoms with Crippen molar-refractivity contribution in [1.82, 2.24) is 0 Å². The summed E-state index contributed by atoms with van der Waals surface area (Å²) in [5.41, 5.74) is -1.19. The Balaban J connectivity index is 1.79. The van der Waals surface area contributed by atoms with Gasteiger partial charge in [0.1, 0.15) is 23.3 Å². The van der Waals surface area contributed by atoms with Gasteiger partial charge in [0.15, 0.2) is 0 Å². The number of Topliss-reactive ketones (excluding diaryl/α,β-unsaturated/α-hetero) is 1. The van der Waals surface area contributed by atoms with Crippen LogP contribution in [0.15, 0.2) is 76.9 Å². The number of ketones is 1. The fourth-order valence-electron chi connectivity index (χ4n) is 3.77. The Bertz CT molecular complexity index is 1260. The van der Waals surface area contributed by atoms with E-state index in [4.69, 9.17) is 9.15 Å². The maximum absolute atomic E-state index is 13.3. The molecule has 3 aromatic rings. The van der Waals surface area contributed by atoms with Gasteiger partial charge < -0.3 is 14.3 Å². The van der Waals surface area contributed by atoms with E-state index in [2.05, 4.69) is 0 Å². The molecule has 6 nitrogen and oxygen atoms in total. The molecule has 1 aromatic heterocycles. The molecule has 2 heterocycles. The maximum Gasteiger partial charge on any atom is 0.416 e. The molecule has 1 atom stereocenters. The molecule has 1 aliphatic rings. The number of benzene rings is 2. The van der Waals surface area contributed by atoms with Crippen LogP contribution in [0.1, 0.15) is 36.8 Å². The van der Waals surface area contributed by atoms with Gasteiger partial charge in [0.2, 0.25) is 0 Å². The highest BCUT2D eigenvalue weighted by atomic mass is 19.4. The maximum atomic E-state index is 13.3. The minimum atomic E-state index is -4.65. The first-order valence-corrected chi connectivity index (χ1v) is 10.8. The summed E-state index contributed by atoms with van der Waals surface area (Å²) in [5.74, 6) is -1.62. The molecule has 2 aromatic carbocycles. The topological polar surface area (TPSA) is 80.0 Å².